The van der Waals surface area contributed by atoms with Gasteiger partial charge in [-0.05, 0) is 18.6 Å². The van der Waals surface area contributed by atoms with Gasteiger partial charge in [-0.1, -0.05) is 40.0 Å². The van der Waals surface area contributed by atoms with Gasteiger partial charge in [0, 0.05) is 35.5 Å². The molecule has 1 aliphatic heterocycles. The molecule has 1 amide bonds. The van der Waals surface area contributed by atoms with Crippen LogP contribution in [0.5, 0.6) is 5.75 Å². The molecule has 1 aromatic carbocycles. The van der Waals surface area contributed by atoms with E-state index in [1.165, 1.54) is 18.3 Å². The number of hydrogen-bond acceptors (Lipinski definition) is 6. The second kappa shape index (κ2) is 8.89. The summed E-state index contributed by atoms with van der Waals surface area (Å²) in [5, 5.41) is 6.91. The first kappa shape index (κ1) is 23.7. The highest BCUT2D eigenvalue weighted by Gasteiger charge is 2.32. The number of piperidine rings is 1. The lowest BCUT2D eigenvalue weighted by molar-refractivity contribution is -0.137. The summed E-state index contributed by atoms with van der Waals surface area (Å²) in [5.41, 5.74) is -0.422. The van der Waals surface area contributed by atoms with E-state index in [0.29, 0.717) is 30.0 Å². The number of fused-ring (bicyclic) bond motifs is 1. The van der Waals surface area contributed by atoms with E-state index in [0.717, 1.165) is 16.7 Å². The molecule has 0 saturated carbocycles. The van der Waals surface area contributed by atoms with Crippen LogP contribution >= 0.6 is 34.8 Å². The molecule has 5 rings (SSSR count). The largest absolute Gasteiger partial charge is 0.487 e. The van der Waals surface area contributed by atoms with Crippen LogP contribution in [0, 0.1) is 0 Å². The summed E-state index contributed by atoms with van der Waals surface area (Å²) >= 11 is 18.8. The molecule has 0 spiro atoms. The Kier molecular flexibility index (Phi) is 6.02. The van der Waals surface area contributed by atoms with Gasteiger partial charge < -0.3 is 19.0 Å². The first-order valence-electron chi connectivity index (χ1n) is 10.1. The van der Waals surface area contributed by atoms with E-state index in [1.807, 2.05) is 0 Å². The topological polar surface area (TPSA) is 94.5 Å². The van der Waals surface area contributed by atoms with Crippen molar-refractivity contribution in [2.24, 2.45) is 0 Å². The van der Waals surface area contributed by atoms with Crippen LogP contribution in [0.2, 0.25) is 15.1 Å². The number of halogens is 6. The highest BCUT2D eigenvalue weighted by molar-refractivity contribution is 6.36. The van der Waals surface area contributed by atoms with Crippen molar-refractivity contribution in [3.8, 4) is 28.7 Å². The molecule has 1 N–H and O–H groups in total. The number of ether oxygens (including phenoxy) is 1. The van der Waals surface area contributed by atoms with Gasteiger partial charge in [-0.2, -0.15) is 18.2 Å². The molecule has 8 nitrogen and oxygen atoms in total. The molecular formula is C21H13Cl3F3N5O3. The average molecular weight is 547 g/mol. The minimum absolute atomic E-state index is 0.0510. The van der Waals surface area contributed by atoms with Crippen molar-refractivity contribution < 1.29 is 27.2 Å². The molecule has 0 radical (unpaired) electrons. The van der Waals surface area contributed by atoms with Crippen molar-refractivity contribution in [1.82, 2.24) is 24.8 Å². The average Bonchev–Trinajstić information content (AvgIpc) is 3.44. The van der Waals surface area contributed by atoms with Crippen molar-refractivity contribution in [3.63, 3.8) is 0 Å². The third kappa shape index (κ3) is 4.75. The van der Waals surface area contributed by atoms with E-state index in [1.54, 1.807) is 0 Å². The zero-order valence-corrected chi connectivity index (χ0v) is 19.6. The summed E-state index contributed by atoms with van der Waals surface area (Å²) in [5.74, 6) is 0.223. The third-order valence-electron chi connectivity index (χ3n) is 5.24. The highest BCUT2D eigenvalue weighted by atomic mass is 35.5. The Balaban J connectivity index is 1.46. The fourth-order valence-corrected chi connectivity index (χ4v) is 4.26. The number of carbonyl (C=O) groups is 1. The zero-order chi connectivity index (χ0) is 24.9. The molecule has 0 unspecified atom stereocenters. The number of carbonyl (C=O) groups excluding carboxylic acids is 1. The second-order valence-electron chi connectivity index (χ2n) is 7.70. The summed E-state index contributed by atoms with van der Waals surface area (Å²) in [7, 11) is 0. The van der Waals surface area contributed by atoms with Gasteiger partial charge in [-0.15, -0.1) is 0 Å². The van der Waals surface area contributed by atoms with E-state index < -0.39 is 11.7 Å². The predicted molar refractivity (Wildman–Crippen MR) is 121 cm³/mol. The fraction of sp³-hybridized carbons (Fsp3) is 0.238. The van der Waals surface area contributed by atoms with Gasteiger partial charge in [-0.25, -0.2) is 4.98 Å². The molecular weight excluding hydrogens is 534 g/mol. The first-order chi connectivity index (χ1) is 16.6. The summed E-state index contributed by atoms with van der Waals surface area (Å²) in [6, 6.07) is 3.84. The molecule has 14 heteroatoms. The lowest BCUT2D eigenvalue weighted by Crippen LogP contribution is -2.40. The molecule has 35 heavy (non-hydrogen) atoms. The molecule has 4 aromatic rings. The molecule has 0 aliphatic carbocycles. The van der Waals surface area contributed by atoms with Gasteiger partial charge in [0.05, 0.1) is 22.2 Å². The monoisotopic (exact) mass is 545 g/mol. The van der Waals surface area contributed by atoms with E-state index in [-0.39, 0.29) is 50.9 Å². The molecule has 1 saturated heterocycles. The van der Waals surface area contributed by atoms with Crippen molar-refractivity contribution in [1.29, 1.82) is 0 Å². The number of alkyl halides is 3. The van der Waals surface area contributed by atoms with Gasteiger partial charge in [0.1, 0.15) is 17.5 Å². The number of hydrogen-bond donors (Lipinski definition) is 1. The normalized spacial score (nSPS) is 16.5. The molecule has 1 fully saturated rings. The number of nitrogens with one attached hydrogen (secondary N) is 1. The Morgan fingerprint density at radius 2 is 1.94 bits per heavy atom. The minimum Gasteiger partial charge on any atom is -0.487 e. The Morgan fingerprint density at radius 1 is 1.14 bits per heavy atom. The summed E-state index contributed by atoms with van der Waals surface area (Å²) in [6.07, 6.45) is -1.87. The maximum absolute atomic E-state index is 13.1. The van der Waals surface area contributed by atoms with E-state index in [2.05, 4.69) is 20.4 Å². The fourth-order valence-electron chi connectivity index (χ4n) is 3.55. The van der Waals surface area contributed by atoms with Crippen LogP contribution in [-0.2, 0) is 11.0 Å². The smallest absolute Gasteiger partial charge is 0.417 e. The number of aromatic nitrogens is 4. The summed E-state index contributed by atoms with van der Waals surface area (Å²) < 4.78 is 51.6. The molecule has 3 aromatic heterocycles. The first-order valence-corrected chi connectivity index (χ1v) is 11.2. The van der Waals surface area contributed by atoms with Gasteiger partial charge in [-0.3, -0.25) is 4.79 Å². The number of pyridine rings is 1. The predicted octanol–water partition coefficient (Wildman–Crippen LogP) is 5.69. The number of nitrogens with zero attached hydrogens (tertiary/aromatic N) is 4. The van der Waals surface area contributed by atoms with Crippen LogP contribution < -0.4 is 10.1 Å². The Hall–Kier alpha value is -3.02. The van der Waals surface area contributed by atoms with Gasteiger partial charge in [0.25, 0.3) is 5.89 Å². The van der Waals surface area contributed by atoms with Crippen molar-refractivity contribution in [3.05, 3.63) is 51.2 Å². The number of benzene rings is 1. The quantitative estimate of drug-likeness (QED) is 0.354. The minimum atomic E-state index is -4.58. The van der Waals surface area contributed by atoms with Crippen molar-refractivity contribution in [2.45, 2.75) is 25.1 Å². The maximum atomic E-state index is 13.1. The summed E-state index contributed by atoms with van der Waals surface area (Å²) in [4.78, 5) is 19.8. The van der Waals surface area contributed by atoms with Crippen molar-refractivity contribution in [2.75, 3.05) is 6.54 Å². The Morgan fingerprint density at radius 3 is 2.66 bits per heavy atom. The molecule has 1 atom stereocenters. The standard InChI is InChI=1S/C21H13Cl3F3N5O3/c22-10-4-12(17(24)15(5-10)34-11-1-2-16(33)28-6-11)18-30-20(35-31-18)14-8-32-7-9(21(25,26)27)3-13(23)19(32)29-14/h3-5,7-8,11H,1-2,6H2,(H,28,33)/t11-/m1/s1. The molecule has 0 bridgehead atoms. The van der Waals surface area contributed by atoms with Gasteiger partial charge >= 0.3 is 6.18 Å². The Labute approximate surface area is 209 Å². The SMILES string of the molecule is O=C1CC[C@@H](Oc2cc(Cl)cc(-c3noc(-c4cn5cc(C(F)(F)F)cc(Cl)c5n4)n3)c2Cl)CN1. The number of rotatable bonds is 4. The second-order valence-corrected chi connectivity index (χ2v) is 8.92. The van der Waals surface area contributed by atoms with Crippen LogP contribution in [0.3, 0.4) is 0 Å². The third-order valence-corrected chi connectivity index (χ3v) is 6.12. The Bertz CT molecular complexity index is 1440. The maximum Gasteiger partial charge on any atom is 0.417 e. The van der Waals surface area contributed by atoms with Crippen LogP contribution in [-0.4, -0.2) is 38.1 Å². The van der Waals surface area contributed by atoms with E-state index in [9.17, 15) is 18.0 Å². The summed E-state index contributed by atoms with van der Waals surface area (Å²) in [6.45, 7) is 0.329. The molecule has 4 heterocycles. The van der Waals surface area contributed by atoms with Crippen LogP contribution in [0.4, 0.5) is 13.2 Å². The van der Waals surface area contributed by atoms with Crippen LogP contribution in [0.1, 0.15) is 18.4 Å². The molecule has 182 valence electrons. The van der Waals surface area contributed by atoms with Crippen LogP contribution in [0.25, 0.3) is 28.6 Å². The van der Waals surface area contributed by atoms with Gasteiger partial charge in [0.15, 0.2) is 5.65 Å². The van der Waals surface area contributed by atoms with Crippen molar-refractivity contribution >= 4 is 46.4 Å². The van der Waals surface area contributed by atoms with Gasteiger partial charge in [0.2, 0.25) is 11.7 Å². The van der Waals surface area contributed by atoms with Crippen LogP contribution in [0.15, 0.2) is 35.1 Å². The number of imidazole rings is 1. The lowest BCUT2D eigenvalue weighted by Gasteiger charge is -2.24. The van der Waals surface area contributed by atoms with E-state index in [4.69, 9.17) is 44.1 Å². The number of amides is 1. The zero-order valence-electron chi connectivity index (χ0n) is 17.4. The highest BCUT2D eigenvalue weighted by Crippen LogP contribution is 2.39. The van der Waals surface area contributed by atoms with E-state index >= 15 is 0 Å². The molecule has 1 aliphatic rings. The lowest BCUT2D eigenvalue weighted by atomic mass is 10.1.